The first kappa shape index (κ1) is 21.9. The van der Waals surface area contributed by atoms with E-state index in [1.165, 1.54) is 23.5 Å². The molecular formula is C18H17ClF3N3O2S. The molecule has 0 aliphatic rings. The lowest BCUT2D eigenvalue weighted by molar-refractivity contribution is -0.137. The molecule has 1 N–H and O–H groups in total. The molecular weight excluding hydrogens is 415 g/mol. The second-order valence-corrected chi connectivity index (χ2v) is 6.78. The molecule has 0 bridgehead atoms. The molecule has 0 unspecified atom stereocenters. The molecule has 10 heteroatoms. The normalized spacial score (nSPS) is 11.2. The van der Waals surface area contributed by atoms with Crippen molar-refractivity contribution in [1.29, 1.82) is 0 Å². The first-order valence-electron chi connectivity index (χ1n) is 8.10. The molecule has 3 rings (SSSR count). The van der Waals surface area contributed by atoms with Crippen molar-refractivity contribution in [1.82, 2.24) is 9.97 Å². The fraction of sp³-hybridized carbons (Fsp3) is 0.278. The minimum Gasteiger partial charge on any atom is -0.462 e. The van der Waals surface area contributed by atoms with E-state index in [2.05, 4.69) is 15.3 Å². The highest BCUT2D eigenvalue weighted by molar-refractivity contribution is 7.20. The van der Waals surface area contributed by atoms with Gasteiger partial charge in [-0.1, -0.05) is 6.07 Å². The van der Waals surface area contributed by atoms with E-state index in [4.69, 9.17) is 4.74 Å². The number of alkyl halides is 3. The zero-order chi connectivity index (χ0) is 19.8. The van der Waals surface area contributed by atoms with E-state index in [9.17, 15) is 18.0 Å². The Morgan fingerprint density at radius 1 is 1.25 bits per heavy atom. The van der Waals surface area contributed by atoms with Crippen LogP contribution in [0.4, 0.5) is 24.7 Å². The summed E-state index contributed by atoms with van der Waals surface area (Å²) in [5.41, 5.74) is 0.110. The van der Waals surface area contributed by atoms with Crippen molar-refractivity contribution in [2.24, 2.45) is 0 Å². The Kier molecular flexibility index (Phi) is 6.51. The second-order valence-electron chi connectivity index (χ2n) is 5.78. The van der Waals surface area contributed by atoms with Gasteiger partial charge in [-0.05, 0) is 44.5 Å². The molecule has 0 saturated carbocycles. The van der Waals surface area contributed by atoms with E-state index in [1.54, 1.807) is 20.8 Å². The molecule has 3 aromatic rings. The number of hydrogen-bond acceptors (Lipinski definition) is 6. The third kappa shape index (κ3) is 4.36. The van der Waals surface area contributed by atoms with Crippen LogP contribution in [0.2, 0.25) is 0 Å². The van der Waals surface area contributed by atoms with Crippen LogP contribution in [-0.2, 0) is 10.9 Å². The number of aryl methyl sites for hydroxylation is 2. The van der Waals surface area contributed by atoms with Gasteiger partial charge in [0.1, 0.15) is 21.3 Å². The van der Waals surface area contributed by atoms with Crippen LogP contribution in [0, 0.1) is 13.8 Å². The zero-order valence-corrected chi connectivity index (χ0v) is 16.8. The van der Waals surface area contributed by atoms with Gasteiger partial charge in [0.25, 0.3) is 0 Å². The number of nitrogens with one attached hydrogen (secondary N) is 1. The Labute approximate surface area is 169 Å². The van der Waals surface area contributed by atoms with Gasteiger partial charge in [-0.3, -0.25) is 0 Å². The highest BCUT2D eigenvalue weighted by Crippen LogP contribution is 2.36. The molecule has 2 heterocycles. The molecule has 0 radical (unpaired) electrons. The number of carbonyl (C=O) groups excluding carboxylic acids is 1. The number of hydrogen-bond donors (Lipinski definition) is 1. The predicted octanol–water partition coefficient (Wildman–Crippen LogP) is 5.67. The molecule has 0 aliphatic carbocycles. The first-order chi connectivity index (χ1) is 12.7. The molecule has 2 aromatic heterocycles. The topological polar surface area (TPSA) is 64.1 Å². The van der Waals surface area contributed by atoms with Gasteiger partial charge in [0.2, 0.25) is 0 Å². The van der Waals surface area contributed by atoms with Gasteiger partial charge in [-0.25, -0.2) is 14.8 Å². The molecule has 0 aliphatic heterocycles. The van der Waals surface area contributed by atoms with E-state index >= 15 is 0 Å². The average Bonchev–Trinajstić information content (AvgIpc) is 2.91. The molecule has 0 saturated heterocycles. The van der Waals surface area contributed by atoms with Crippen LogP contribution in [0.3, 0.4) is 0 Å². The Hall–Kier alpha value is -2.39. The molecule has 0 atom stereocenters. The van der Waals surface area contributed by atoms with Gasteiger partial charge >= 0.3 is 12.1 Å². The summed E-state index contributed by atoms with van der Waals surface area (Å²) in [6.45, 7) is 5.37. The van der Waals surface area contributed by atoms with Crippen LogP contribution in [0.1, 0.15) is 33.5 Å². The van der Waals surface area contributed by atoms with Crippen molar-refractivity contribution in [3.05, 3.63) is 46.1 Å². The van der Waals surface area contributed by atoms with E-state index in [0.717, 1.165) is 12.1 Å². The lowest BCUT2D eigenvalue weighted by atomic mass is 10.1. The number of fused-ring (bicyclic) bond motifs is 1. The number of benzene rings is 1. The summed E-state index contributed by atoms with van der Waals surface area (Å²) in [4.78, 5) is 21.8. The SMILES string of the molecule is CCOC(=O)c1sc2nc(C)nc(Nc3cccc(C(F)(F)F)c3)c2c1C.Cl. The molecule has 1 aromatic carbocycles. The quantitative estimate of drug-likeness (QED) is 0.539. The minimum atomic E-state index is -4.44. The van der Waals surface area contributed by atoms with E-state index < -0.39 is 17.7 Å². The highest BCUT2D eigenvalue weighted by atomic mass is 35.5. The Balaban J connectivity index is 0.00000280. The predicted molar refractivity (Wildman–Crippen MR) is 105 cm³/mol. The summed E-state index contributed by atoms with van der Waals surface area (Å²) in [5, 5.41) is 3.52. The fourth-order valence-electron chi connectivity index (χ4n) is 2.64. The lowest BCUT2D eigenvalue weighted by Gasteiger charge is -2.11. The van der Waals surface area contributed by atoms with Gasteiger partial charge in [-0.2, -0.15) is 13.2 Å². The maximum absolute atomic E-state index is 12.9. The largest absolute Gasteiger partial charge is 0.462 e. The maximum atomic E-state index is 12.9. The van der Waals surface area contributed by atoms with E-state index in [1.807, 2.05) is 0 Å². The van der Waals surface area contributed by atoms with Crippen molar-refractivity contribution < 1.29 is 22.7 Å². The van der Waals surface area contributed by atoms with Crippen LogP contribution in [-0.4, -0.2) is 22.5 Å². The monoisotopic (exact) mass is 431 g/mol. The highest BCUT2D eigenvalue weighted by Gasteiger charge is 2.30. The summed E-state index contributed by atoms with van der Waals surface area (Å²) in [7, 11) is 0. The number of carbonyl (C=O) groups is 1. The first-order valence-corrected chi connectivity index (χ1v) is 8.91. The summed E-state index contributed by atoms with van der Waals surface area (Å²) in [6.07, 6.45) is -4.44. The van der Waals surface area contributed by atoms with Crippen molar-refractivity contribution in [3.8, 4) is 0 Å². The van der Waals surface area contributed by atoms with Gasteiger partial charge in [0.05, 0.1) is 17.6 Å². The van der Waals surface area contributed by atoms with Crippen LogP contribution in [0.5, 0.6) is 0 Å². The van der Waals surface area contributed by atoms with Crippen LogP contribution < -0.4 is 5.32 Å². The summed E-state index contributed by atoms with van der Waals surface area (Å²) in [6, 6.07) is 4.85. The van der Waals surface area contributed by atoms with E-state index in [0.29, 0.717) is 32.3 Å². The number of halogens is 4. The molecule has 5 nitrogen and oxygen atoms in total. The molecule has 0 fully saturated rings. The molecule has 0 amide bonds. The third-order valence-corrected chi connectivity index (χ3v) is 4.98. The number of ether oxygens (including phenoxy) is 1. The van der Waals surface area contributed by atoms with Crippen molar-refractivity contribution in [2.75, 3.05) is 11.9 Å². The van der Waals surface area contributed by atoms with Gasteiger partial charge in [0, 0.05) is 5.69 Å². The summed E-state index contributed by atoms with van der Waals surface area (Å²) in [5.74, 6) is 0.329. The Bertz CT molecular complexity index is 1020. The zero-order valence-electron chi connectivity index (χ0n) is 15.2. The lowest BCUT2D eigenvalue weighted by Crippen LogP contribution is -2.06. The van der Waals surface area contributed by atoms with Gasteiger partial charge < -0.3 is 10.1 Å². The summed E-state index contributed by atoms with van der Waals surface area (Å²) < 4.78 is 43.9. The fourth-order valence-corrected chi connectivity index (χ4v) is 3.76. The smallest absolute Gasteiger partial charge is 0.416 e. The van der Waals surface area contributed by atoms with Crippen LogP contribution in [0.25, 0.3) is 10.2 Å². The number of thiophene rings is 1. The number of aromatic nitrogens is 2. The Morgan fingerprint density at radius 2 is 1.96 bits per heavy atom. The number of nitrogens with zero attached hydrogens (tertiary/aromatic N) is 2. The maximum Gasteiger partial charge on any atom is 0.416 e. The average molecular weight is 432 g/mol. The van der Waals surface area contributed by atoms with Crippen molar-refractivity contribution in [3.63, 3.8) is 0 Å². The second kappa shape index (κ2) is 8.32. The van der Waals surface area contributed by atoms with Crippen LogP contribution >= 0.6 is 23.7 Å². The van der Waals surface area contributed by atoms with Gasteiger partial charge in [-0.15, -0.1) is 23.7 Å². The van der Waals surface area contributed by atoms with Crippen molar-refractivity contribution in [2.45, 2.75) is 26.9 Å². The number of esters is 1. The standard InChI is InChI=1S/C18H16F3N3O2S.ClH/c1-4-26-17(25)14-9(2)13-15(22-10(3)23-16(13)27-14)24-12-7-5-6-11(8-12)18(19,20)21;/h5-8H,4H2,1-3H3,(H,22,23,24);1H. The number of rotatable bonds is 4. The number of anilines is 2. The molecule has 28 heavy (non-hydrogen) atoms. The van der Waals surface area contributed by atoms with E-state index in [-0.39, 0.29) is 24.7 Å². The van der Waals surface area contributed by atoms with Gasteiger partial charge in [0.15, 0.2) is 0 Å². The minimum absolute atomic E-state index is 0. The molecule has 0 spiro atoms. The van der Waals surface area contributed by atoms with Crippen molar-refractivity contribution >= 4 is 51.4 Å². The molecule has 150 valence electrons. The summed E-state index contributed by atoms with van der Waals surface area (Å²) >= 11 is 1.17. The Morgan fingerprint density at radius 3 is 2.61 bits per heavy atom. The third-order valence-electron chi connectivity index (χ3n) is 3.82. The van der Waals surface area contributed by atoms with Crippen LogP contribution in [0.15, 0.2) is 24.3 Å².